The standard InChI is InChI=1S/C48H62N6O8/c1-9-53-39-17-16-31-25-35(39)36(43(53)34-13-10-18-49-41(34)29(4)60-8)26-48(5,6)27-62-47(59)37-14-11-19-54(51-37)45(57)38(23-30-21-32(31)24-33(55)22-30)50-44(56)42(28(2)3)52(7)46(58)40-15-12-20-61-40/h10,13,16-18,21-22,24-25,28-29,37-38,40,42,51,55H,9,11-12,14-15,19-20,23,26-27H2,1-8H3,(H,50,56)/t29-,37-,38-,40+,42?/m0/s1. The van der Waals surface area contributed by atoms with E-state index in [0.29, 0.717) is 50.9 Å². The fraction of sp³-hybridized carbons (Fsp3) is 0.521. The number of methoxy groups -OCH3 is 1. The van der Waals surface area contributed by atoms with Crippen molar-refractivity contribution in [2.45, 2.75) is 117 Å². The number of amides is 3. The zero-order valence-electron chi connectivity index (χ0n) is 37.3. The van der Waals surface area contributed by atoms with Crippen LogP contribution in [0, 0.1) is 11.3 Å². The molecular weight excluding hydrogens is 789 g/mol. The summed E-state index contributed by atoms with van der Waals surface area (Å²) in [6.45, 7) is 13.6. The fourth-order valence-electron chi connectivity index (χ4n) is 9.39. The number of aromatic hydroxyl groups is 1. The Morgan fingerprint density at radius 2 is 1.87 bits per heavy atom. The molecule has 3 aliphatic rings. The third-order valence-electron chi connectivity index (χ3n) is 12.5. The van der Waals surface area contributed by atoms with Crippen LogP contribution >= 0.6 is 0 Å². The number of likely N-dealkylation sites (N-methyl/N-ethyl adjacent to an activating group) is 1. The van der Waals surface area contributed by atoms with Gasteiger partial charge in [0.1, 0.15) is 30.0 Å². The number of rotatable bonds is 9. The normalized spacial score (nSPS) is 21.6. The number of hydrogen-bond acceptors (Lipinski definition) is 10. The molecular formula is C48H62N6O8. The molecule has 3 amide bonds. The van der Waals surface area contributed by atoms with Crippen molar-refractivity contribution in [2.24, 2.45) is 11.3 Å². The van der Waals surface area contributed by atoms with Gasteiger partial charge in [-0.05, 0) is 111 Å². The first-order valence-corrected chi connectivity index (χ1v) is 22.0. The molecule has 2 saturated heterocycles. The Kier molecular flexibility index (Phi) is 13.4. The minimum Gasteiger partial charge on any atom is -0.508 e. The van der Waals surface area contributed by atoms with E-state index in [1.54, 1.807) is 32.5 Å². The van der Waals surface area contributed by atoms with Gasteiger partial charge < -0.3 is 34.1 Å². The summed E-state index contributed by atoms with van der Waals surface area (Å²) in [5.41, 5.74) is 9.66. The summed E-state index contributed by atoms with van der Waals surface area (Å²) in [7, 11) is 3.27. The number of nitrogens with zero attached hydrogens (tertiary/aromatic N) is 4. The number of esters is 1. The molecule has 0 radical (unpaired) electrons. The van der Waals surface area contributed by atoms with Gasteiger partial charge in [-0.2, -0.15) is 0 Å². The van der Waals surface area contributed by atoms with Crippen molar-refractivity contribution < 1.29 is 38.5 Å². The van der Waals surface area contributed by atoms with Crippen molar-refractivity contribution in [2.75, 3.05) is 33.9 Å². The SMILES string of the molecule is CCn1c(-c2cccnc2[C@H](C)OC)c2c3cc(ccc31)-c1cc(O)cc(c1)C[C@H](NC(=O)C(C(C)C)N(C)C(=O)[C@H]1CCCO1)C(=O)N1CCC[C@H](N1)C(=O)OCC(C)(C)C2. The Morgan fingerprint density at radius 1 is 1.08 bits per heavy atom. The zero-order chi connectivity index (χ0) is 44.5. The second-order valence-corrected chi connectivity index (χ2v) is 18.2. The number of fused-ring (bicyclic) bond motifs is 6. The third kappa shape index (κ3) is 9.23. The first-order chi connectivity index (χ1) is 29.6. The van der Waals surface area contributed by atoms with Gasteiger partial charge in [-0.25, -0.2) is 5.43 Å². The summed E-state index contributed by atoms with van der Waals surface area (Å²) < 4.78 is 19.9. The zero-order valence-corrected chi connectivity index (χ0v) is 37.3. The van der Waals surface area contributed by atoms with E-state index >= 15 is 0 Å². The molecule has 0 saturated carbocycles. The largest absolute Gasteiger partial charge is 0.508 e. The van der Waals surface area contributed by atoms with Crippen LogP contribution in [0.3, 0.4) is 0 Å². The topological polar surface area (TPSA) is 165 Å². The van der Waals surface area contributed by atoms with Crippen LogP contribution in [-0.2, 0) is 52.8 Å². The lowest BCUT2D eigenvalue weighted by Gasteiger charge is -2.37. The van der Waals surface area contributed by atoms with Crippen molar-refractivity contribution in [3.8, 4) is 28.1 Å². The molecule has 2 aromatic heterocycles. The van der Waals surface area contributed by atoms with Crippen LogP contribution < -0.4 is 10.7 Å². The molecule has 3 aliphatic heterocycles. The third-order valence-corrected chi connectivity index (χ3v) is 12.5. The summed E-state index contributed by atoms with van der Waals surface area (Å²) in [5, 5.41) is 16.7. The number of hydrazine groups is 1. The molecule has 5 atom stereocenters. The van der Waals surface area contributed by atoms with Crippen LogP contribution in [0.5, 0.6) is 5.75 Å². The Hall–Kier alpha value is -5.31. The van der Waals surface area contributed by atoms with Gasteiger partial charge in [0.25, 0.3) is 11.8 Å². The molecule has 7 rings (SSSR count). The summed E-state index contributed by atoms with van der Waals surface area (Å²) in [6.07, 6.45) is 3.80. The maximum atomic E-state index is 14.6. The highest BCUT2D eigenvalue weighted by Crippen LogP contribution is 2.42. The number of phenolic OH excluding ortho intramolecular Hbond substituents is 1. The summed E-state index contributed by atoms with van der Waals surface area (Å²) >= 11 is 0. The number of carbonyl (C=O) groups excluding carboxylic acids is 4. The van der Waals surface area contributed by atoms with Crippen molar-refractivity contribution in [1.29, 1.82) is 0 Å². The van der Waals surface area contributed by atoms with Gasteiger partial charge in [0.2, 0.25) is 5.91 Å². The summed E-state index contributed by atoms with van der Waals surface area (Å²) in [5.74, 6) is -1.97. The monoisotopic (exact) mass is 850 g/mol. The van der Waals surface area contributed by atoms with E-state index in [0.717, 1.165) is 51.0 Å². The second kappa shape index (κ2) is 18.6. The molecule has 332 valence electrons. The lowest BCUT2D eigenvalue weighted by Crippen LogP contribution is -2.62. The second-order valence-electron chi connectivity index (χ2n) is 18.2. The molecule has 0 spiro atoms. The Bertz CT molecular complexity index is 2320. The average molecular weight is 851 g/mol. The van der Waals surface area contributed by atoms with E-state index in [9.17, 15) is 24.3 Å². The predicted molar refractivity (Wildman–Crippen MR) is 236 cm³/mol. The Labute approximate surface area is 364 Å². The maximum absolute atomic E-state index is 14.6. The number of nitrogens with one attached hydrogen (secondary N) is 2. The van der Waals surface area contributed by atoms with Gasteiger partial charge >= 0.3 is 5.97 Å². The number of aryl methyl sites for hydroxylation is 1. The minimum absolute atomic E-state index is 0.00659. The van der Waals surface area contributed by atoms with Crippen molar-refractivity contribution in [1.82, 2.24) is 30.2 Å². The van der Waals surface area contributed by atoms with Gasteiger partial charge in [0.05, 0.1) is 24.1 Å². The maximum Gasteiger partial charge on any atom is 0.324 e. The highest BCUT2D eigenvalue weighted by atomic mass is 16.5. The number of aromatic nitrogens is 2. The van der Waals surface area contributed by atoms with Gasteiger partial charge in [0.15, 0.2) is 0 Å². The predicted octanol–water partition coefficient (Wildman–Crippen LogP) is 6.11. The van der Waals surface area contributed by atoms with Gasteiger partial charge in [-0.15, -0.1) is 0 Å². The molecule has 1 unspecified atom stereocenters. The first-order valence-electron chi connectivity index (χ1n) is 22.0. The molecule has 14 nitrogen and oxygen atoms in total. The molecule has 6 bridgehead atoms. The van der Waals surface area contributed by atoms with Crippen LogP contribution in [0.4, 0.5) is 0 Å². The van der Waals surface area contributed by atoms with Crippen LogP contribution in [0.2, 0.25) is 0 Å². The van der Waals surface area contributed by atoms with Crippen LogP contribution in [0.15, 0.2) is 54.7 Å². The van der Waals surface area contributed by atoms with E-state index in [1.165, 1.54) is 9.91 Å². The molecule has 14 heteroatoms. The number of ether oxygens (including phenoxy) is 3. The molecule has 5 heterocycles. The van der Waals surface area contributed by atoms with E-state index in [-0.39, 0.29) is 36.7 Å². The summed E-state index contributed by atoms with van der Waals surface area (Å²) in [6, 6.07) is 12.7. The van der Waals surface area contributed by atoms with Crippen molar-refractivity contribution in [3.05, 3.63) is 71.5 Å². The smallest absolute Gasteiger partial charge is 0.324 e. The van der Waals surface area contributed by atoms with E-state index in [4.69, 9.17) is 19.2 Å². The lowest BCUT2D eigenvalue weighted by molar-refractivity contribution is -0.155. The quantitative estimate of drug-likeness (QED) is 0.167. The highest BCUT2D eigenvalue weighted by Gasteiger charge is 2.39. The van der Waals surface area contributed by atoms with E-state index < -0.39 is 47.4 Å². The van der Waals surface area contributed by atoms with Crippen molar-refractivity contribution >= 4 is 34.6 Å². The van der Waals surface area contributed by atoms with Crippen LogP contribution in [0.25, 0.3) is 33.3 Å². The number of benzene rings is 2. The molecule has 2 fully saturated rings. The first kappa shape index (κ1) is 44.7. The van der Waals surface area contributed by atoms with Gasteiger partial charge in [-0.3, -0.25) is 29.2 Å². The number of cyclic esters (lactones) is 1. The molecule has 0 aliphatic carbocycles. The van der Waals surface area contributed by atoms with Crippen LogP contribution in [0.1, 0.15) is 90.2 Å². The van der Waals surface area contributed by atoms with E-state index in [1.807, 2.05) is 39.0 Å². The number of phenols is 1. The van der Waals surface area contributed by atoms with Crippen molar-refractivity contribution in [3.63, 3.8) is 0 Å². The Morgan fingerprint density at radius 3 is 2.58 bits per heavy atom. The Balaban J connectivity index is 1.35. The van der Waals surface area contributed by atoms with Gasteiger partial charge in [0, 0.05) is 68.4 Å². The fourth-order valence-corrected chi connectivity index (χ4v) is 9.39. The molecule has 2 aromatic carbocycles. The lowest BCUT2D eigenvalue weighted by atomic mass is 9.84. The number of carbonyl (C=O) groups is 4. The summed E-state index contributed by atoms with van der Waals surface area (Å²) in [4.78, 5) is 62.5. The molecule has 3 N–H and O–H groups in total. The highest BCUT2D eigenvalue weighted by molar-refractivity contribution is 5.96. The van der Waals surface area contributed by atoms with Crippen LogP contribution in [-0.4, -0.2) is 106 Å². The minimum atomic E-state index is -1.12. The van der Waals surface area contributed by atoms with Gasteiger partial charge in [-0.1, -0.05) is 39.8 Å². The molecule has 62 heavy (non-hydrogen) atoms. The number of hydrogen-bond donors (Lipinski definition) is 3. The average Bonchev–Trinajstić information content (AvgIpc) is 3.90. The molecule has 4 aromatic rings. The number of pyridine rings is 1. The van der Waals surface area contributed by atoms with E-state index in [2.05, 4.69) is 54.3 Å².